The van der Waals surface area contributed by atoms with Crippen LogP contribution in [0.25, 0.3) is 5.69 Å². The first-order chi connectivity index (χ1) is 14.0. The van der Waals surface area contributed by atoms with E-state index in [1.165, 1.54) is 10.9 Å². The van der Waals surface area contributed by atoms with Crippen LogP contribution < -0.4 is 20.5 Å². The van der Waals surface area contributed by atoms with Crippen molar-refractivity contribution in [2.24, 2.45) is 5.10 Å². The Morgan fingerprint density at radius 3 is 2.62 bits per heavy atom. The lowest BCUT2D eigenvalue weighted by Gasteiger charge is -2.13. The van der Waals surface area contributed by atoms with Crippen molar-refractivity contribution in [2.75, 3.05) is 12.5 Å². The van der Waals surface area contributed by atoms with Gasteiger partial charge in [-0.05, 0) is 49.7 Å². The van der Waals surface area contributed by atoms with Gasteiger partial charge in [0, 0.05) is 0 Å². The fraction of sp³-hybridized carbons (Fsp3) is 0.190. The molecule has 0 saturated heterocycles. The van der Waals surface area contributed by atoms with Gasteiger partial charge in [-0.1, -0.05) is 29.8 Å². The van der Waals surface area contributed by atoms with E-state index in [4.69, 9.17) is 21.1 Å². The van der Waals surface area contributed by atoms with E-state index in [0.29, 0.717) is 22.9 Å². The molecule has 0 aliphatic carbocycles. The van der Waals surface area contributed by atoms with Crippen molar-refractivity contribution in [3.8, 4) is 17.2 Å². The molecule has 3 aromatic rings. The Bertz CT molecular complexity index is 1070. The van der Waals surface area contributed by atoms with Crippen molar-refractivity contribution < 1.29 is 9.47 Å². The second kappa shape index (κ2) is 9.25. The Kier molecular flexibility index (Phi) is 6.51. The molecular formula is C21H21ClN4O3. The number of anilines is 1. The number of aromatic nitrogens is 2. The van der Waals surface area contributed by atoms with Gasteiger partial charge in [0.1, 0.15) is 10.7 Å². The zero-order valence-corrected chi connectivity index (χ0v) is 17.1. The van der Waals surface area contributed by atoms with Crippen molar-refractivity contribution in [1.29, 1.82) is 0 Å². The monoisotopic (exact) mass is 412 g/mol. The van der Waals surface area contributed by atoms with E-state index in [0.717, 1.165) is 5.56 Å². The highest BCUT2D eigenvalue weighted by Gasteiger charge is 2.10. The van der Waals surface area contributed by atoms with E-state index in [1.807, 2.05) is 44.2 Å². The smallest absolute Gasteiger partial charge is 0.292 e. The number of benzene rings is 2. The molecule has 1 aromatic heterocycles. The fourth-order valence-corrected chi connectivity index (χ4v) is 2.73. The average Bonchev–Trinajstić information content (AvgIpc) is 2.72. The van der Waals surface area contributed by atoms with Crippen molar-refractivity contribution in [2.45, 2.75) is 20.0 Å². The highest BCUT2D eigenvalue weighted by atomic mass is 35.5. The van der Waals surface area contributed by atoms with Gasteiger partial charge in [-0.15, -0.1) is 0 Å². The summed E-state index contributed by atoms with van der Waals surface area (Å²) in [6.07, 6.45) is 3.08. The average molecular weight is 413 g/mol. The SMILES string of the molecule is COc1cc(/C=N/Nc2cnn(-c3ccccc3)c(=O)c2Cl)ccc1OC(C)C. The highest BCUT2D eigenvalue weighted by Crippen LogP contribution is 2.28. The molecular weight excluding hydrogens is 392 g/mol. The maximum absolute atomic E-state index is 12.5. The van der Waals surface area contributed by atoms with Gasteiger partial charge in [0.25, 0.3) is 5.56 Å². The van der Waals surface area contributed by atoms with E-state index in [2.05, 4.69) is 15.6 Å². The van der Waals surface area contributed by atoms with Gasteiger partial charge in [-0.2, -0.15) is 14.9 Å². The molecule has 7 nitrogen and oxygen atoms in total. The van der Waals surface area contributed by atoms with E-state index >= 15 is 0 Å². The van der Waals surface area contributed by atoms with Gasteiger partial charge in [0.05, 0.1) is 31.3 Å². The van der Waals surface area contributed by atoms with E-state index < -0.39 is 5.56 Å². The summed E-state index contributed by atoms with van der Waals surface area (Å²) in [5, 5.41) is 8.29. The molecule has 1 heterocycles. The summed E-state index contributed by atoms with van der Waals surface area (Å²) in [5.41, 5.74) is 4.05. The van der Waals surface area contributed by atoms with Crippen LogP contribution in [0.1, 0.15) is 19.4 Å². The number of rotatable bonds is 7. The van der Waals surface area contributed by atoms with Crippen LogP contribution in [0, 0.1) is 0 Å². The molecule has 2 aromatic carbocycles. The zero-order valence-electron chi connectivity index (χ0n) is 16.3. The first-order valence-electron chi connectivity index (χ1n) is 8.96. The number of halogens is 1. The summed E-state index contributed by atoms with van der Waals surface area (Å²) in [6.45, 7) is 3.89. The molecule has 3 rings (SSSR count). The summed E-state index contributed by atoms with van der Waals surface area (Å²) < 4.78 is 12.3. The standard InChI is InChI=1S/C21H21ClN4O3/c1-14(2)29-18-10-9-15(11-19(18)28-3)12-23-25-17-13-24-26(21(27)20(17)22)16-7-5-4-6-8-16/h4-14,25H,1-3H3/b23-12+. The van der Waals surface area contributed by atoms with Gasteiger partial charge in [0.2, 0.25) is 0 Å². The van der Waals surface area contributed by atoms with Crippen LogP contribution in [0.2, 0.25) is 5.02 Å². The predicted octanol–water partition coefficient (Wildman–Crippen LogP) is 4.13. The summed E-state index contributed by atoms with van der Waals surface area (Å²) in [7, 11) is 1.58. The number of hydrogen-bond acceptors (Lipinski definition) is 6. The number of para-hydroxylation sites is 1. The normalized spacial score (nSPS) is 11.1. The van der Waals surface area contributed by atoms with Crippen LogP contribution in [0.3, 0.4) is 0 Å². The van der Waals surface area contributed by atoms with Crippen LogP contribution in [0.5, 0.6) is 11.5 Å². The third-order valence-electron chi connectivity index (χ3n) is 3.87. The molecule has 0 aliphatic rings. The molecule has 0 fully saturated rings. The first-order valence-corrected chi connectivity index (χ1v) is 9.34. The number of nitrogens with one attached hydrogen (secondary N) is 1. The Balaban J connectivity index is 1.77. The molecule has 29 heavy (non-hydrogen) atoms. The molecule has 0 amide bonds. The second-order valence-electron chi connectivity index (χ2n) is 6.37. The maximum atomic E-state index is 12.5. The minimum Gasteiger partial charge on any atom is -0.493 e. The number of methoxy groups -OCH3 is 1. The molecule has 0 saturated carbocycles. The molecule has 1 N–H and O–H groups in total. The molecule has 0 bridgehead atoms. The Labute approximate surface area is 173 Å². The minimum atomic E-state index is -0.435. The summed E-state index contributed by atoms with van der Waals surface area (Å²) in [5.74, 6) is 1.26. The molecule has 150 valence electrons. The van der Waals surface area contributed by atoms with Crippen LogP contribution in [-0.4, -0.2) is 29.2 Å². The lowest BCUT2D eigenvalue weighted by molar-refractivity contribution is 0.230. The molecule has 0 unspecified atom stereocenters. The molecule has 0 aliphatic heterocycles. The molecule has 0 radical (unpaired) electrons. The maximum Gasteiger partial charge on any atom is 0.292 e. The Hall–Kier alpha value is -3.32. The van der Waals surface area contributed by atoms with Gasteiger partial charge in [0.15, 0.2) is 11.5 Å². The number of hydrogen-bond donors (Lipinski definition) is 1. The van der Waals surface area contributed by atoms with E-state index in [1.54, 1.807) is 31.5 Å². The third kappa shape index (κ3) is 4.94. The largest absolute Gasteiger partial charge is 0.493 e. The number of hydrazone groups is 1. The fourth-order valence-electron chi connectivity index (χ4n) is 2.56. The predicted molar refractivity (Wildman–Crippen MR) is 115 cm³/mol. The van der Waals surface area contributed by atoms with Crippen LogP contribution >= 0.6 is 11.6 Å². The lowest BCUT2D eigenvalue weighted by atomic mass is 10.2. The van der Waals surface area contributed by atoms with Crippen molar-refractivity contribution in [1.82, 2.24) is 9.78 Å². The molecule has 0 spiro atoms. The first kappa shape index (κ1) is 20.4. The Morgan fingerprint density at radius 2 is 1.93 bits per heavy atom. The van der Waals surface area contributed by atoms with Crippen molar-refractivity contribution >= 4 is 23.5 Å². The van der Waals surface area contributed by atoms with Gasteiger partial charge in [-0.25, -0.2) is 0 Å². The van der Waals surface area contributed by atoms with Crippen LogP contribution in [0.4, 0.5) is 5.69 Å². The lowest BCUT2D eigenvalue weighted by Crippen LogP contribution is -2.22. The van der Waals surface area contributed by atoms with Crippen molar-refractivity contribution in [3.05, 3.63) is 75.7 Å². The summed E-state index contributed by atoms with van der Waals surface area (Å²) in [6, 6.07) is 14.5. The topological polar surface area (TPSA) is 77.7 Å². The second-order valence-corrected chi connectivity index (χ2v) is 6.75. The Morgan fingerprint density at radius 1 is 1.17 bits per heavy atom. The quantitative estimate of drug-likeness (QED) is 0.466. The summed E-state index contributed by atoms with van der Waals surface area (Å²) >= 11 is 6.20. The van der Waals surface area contributed by atoms with Crippen molar-refractivity contribution in [3.63, 3.8) is 0 Å². The van der Waals surface area contributed by atoms with Gasteiger partial charge < -0.3 is 9.47 Å². The van der Waals surface area contributed by atoms with Crippen LogP contribution in [0.15, 0.2) is 64.6 Å². The summed E-state index contributed by atoms with van der Waals surface area (Å²) in [4.78, 5) is 12.5. The minimum absolute atomic E-state index is 0.000681. The van der Waals surface area contributed by atoms with Crippen LogP contribution in [-0.2, 0) is 0 Å². The van der Waals surface area contributed by atoms with E-state index in [-0.39, 0.29) is 11.1 Å². The van der Waals surface area contributed by atoms with E-state index in [9.17, 15) is 4.79 Å². The number of nitrogens with zero attached hydrogens (tertiary/aromatic N) is 3. The molecule has 0 atom stereocenters. The number of ether oxygens (including phenoxy) is 2. The van der Waals surface area contributed by atoms with Gasteiger partial charge >= 0.3 is 0 Å². The third-order valence-corrected chi connectivity index (χ3v) is 4.23. The zero-order chi connectivity index (χ0) is 20.8. The highest BCUT2D eigenvalue weighted by molar-refractivity contribution is 6.32. The van der Waals surface area contributed by atoms with Gasteiger partial charge in [-0.3, -0.25) is 10.2 Å². The molecule has 8 heteroatoms.